The number of nitrogens with one attached hydrogen (secondary N) is 1. The SMILES string of the molecule is COc1ccc(C(=O)NCC23CC4CC(CC(C4)C2)C3)cc1[N+](=O)[O-]. The molecule has 0 unspecified atom stereocenters. The van der Waals surface area contributed by atoms with Crippen molar-refractivity contribution in [2.24, 2.45) is 23.2 Å². The maximum atomic E-state index is 12.5. The zero-order valence-corrected chi connectivity index (χ0v) is 14.5. The Morgan fingerprint density at radius 2 is 1.84 bits per heavy atom. The van der Waals surface area contributed by atoms with Crippen LogP contribution in [0.25, 0.3) is 0 Å². The Morgan fingerprint density at radius 3 is 2.36 bits per heavy atom. The van der Waals surface area contributed by atoms with Crippen molar-refractivity contribution in [3.63, 3.8) is 0 Å². The fourth-order valence-corrected chi connectivity index (χ4v) is 5.85. The van der Waals surface area contributed by atoms with Gasteiger partial charge >= 0.3 is 5.69 Å². The number of rotatable bonds is 5. The number of hydrogen-bond donors (Lipinski definition) is 1. The van der Waals surface area contributed by atoms with E-state index in [1.54, 1.807) is 6.07 Å². The number of nitro groups is 1. The van der Waals surface area contributed by atoms with Gasteiger partial charge in [0.05, 0.1) is 12.0 Å². The summed E-state index contributed by atoms with van der Waals surface area (Å²) in [6, 6.07) is 4.37. The second-order valence-corrected chi connectivity index (χ2v) is 8.24. The molecule has 0 aromatic heterocycles. The fraction of sp³-hybridized carbons (Fsp3) is 0.632. The smallest absolute Gasteiger partial charge is 0.311 e. The molecule has 6 heteroatoms. The monoisotopic (exact) mass is 344 g/mol. The first-order chi connectivity index (χ1) is 12.0. The van der Waals surface area contributed by atoms with Crippen molar-refractivity contribution in [1.82, 2.24) is 5.32 Å². The number of nitro benzene ring substituents is 1. The van der Waals surface area contributed by atoms with E-state index in [2.05, 4.69) is 5.32 Å². The second-order valence-electron chi connectivity index (χ2n) is 8.24. The molecular weight excluding hydrogens is 320 g/mol. The van der Waals surface area contributed by atoms with Crippen LogP contribution in [0.1, 0.15) is 48.9 Å². The largest absolute Gasteiger partial charge is 0.490 e. The summed E-state index contributed by atoms with van der Waals surface area (Å²) >= 11 is 0. The number of amides is 1. The third-order valence-electron chi connectivity index (χ3n) is 6.43. The summed E-state index contributed by atoms with van der Waals surface area (Å²) in [5.74, 6) is 2.45. The van der Waals surface area contributed by atoms with Crippen LogP contribution in [0.5, 0.6) is 5.75 Å². The molecule has 1 aromatic rings. The van der Waals surface area contributed by atoms with E-state index in [4.69, 9.17) is 4.74 Å². The summed E-state index contributed by atoms with van der Waals surface area (Å²) in [5.41, 5.74) is 0.394. The van der Waals surface area contributed by atoms with Gasteiger partial charge in [-0.05, 0) is 73.8 Å². The van der Waals surface area contributed by atoms with Gasteiger partial charge in [-0.3, -0.25) is 14.9 Å². The molecule has 4 aliphatic carbocycles. The first-order valence-corrected chi connectivity index (χ1v) is 9.09. The summed E-state index contributed by atoms with van der Waals surface area (Å²) in [6.45, 7) is 0.690. The molecule has 1 aromatic carbocycles. The van der Waals surface area contributed by atoms with Gasteiger partial charge in [-0.15, -0.1) is 0 Å². The van der Waals surface area contributed by atoms with Gasteiger partial charge in [-0.1, -0.05) is 0 Å². The van der Waals surface area contributed by atoms with Gasteiger partial charge in [0.25, 0.3) is 5.91 Å². The van der Waals surface area contributed by atoms with Crippen LogP contribution >= 0.6 is 0 Å². The van der Waals surface area contributed by atoms with E-state index in [0.29, 0.717) is 12.1 Å². The molecule has 4 fully saturated rings. The molecule has 1 amide bonds. The van der Waals surface area contributed by atoms with Gasteiger partial charge in [0, 0.05) is 18.2 Å². The highest BCUT2D eigenvalue weighted by Gasteiger charge is 2.50. The number of carbonyl (C=O) groups excluding carboxylic acids is 1. The van der Waals surface area contributed by atoms with Crippen LogP contribution in [0.15, 0.2) is 18.2 Å². The molecule has 0 aliphatic heterocycles. The van der Waals surface area contributed by atoms with Gasteiger partial charge in [0.2, 0.25) is 0 Å². The summed E-state index contributed by atoms with van der Waals surface area (Å²) in [5, 5.41) is 14.2. The molecular formula is C19H24N2O4. The minimum absolute atomic E-state index is 0.169. The highest BCUT2D eigenvalue weighted by molar-refractivity contribution is 5.95. The van der Waals surface area contributed by atoms with Crippen LogP contribution in [-0.2, 0) is 0 Å². The van der Waals surface area contributed by atoms with Gasteiger partial charge in [0.1, 0.15) is 0 Å². The number of benzene rings is 1. The topological polar surface area (TPSA) is 81.5 Å². The number of carbonyl (C=O) groups is 1. The molecule has 0 spiro atoms. The molecule has 25 heavy (non-hydrogen) atoms. The summed E-state index contributed by atoms with van der Waals surface area (Å²) in [6.07, 6.45) is 7.79. The van der Waals surface area contributed by atoms with E-state index in [-0.39, 0.29) is 22.8 Å². The van der Waals surface area contributed by atoms with Gasteiger partial charge in [-0.25, -0.2) is 0 Å². The van der Waals surface area contributed by atoms with Gasteiger partial charge < -0.3 is 10.1 Å². The molecule has 0 atom stereocenters. The predicted molar refractivity (Wildman–Crippen MR) is 92.6 cm³/mol. The normalized spacial score (nSPS) is 32.4. The summed E-state index contributed by atoms with van der Waals surface area (Å²) in [4.78, 5) is 23.2. The minimum Gasteiger partial charge on any atom is -0.490 e. The van der Waals surface area contributed by atoms with Crippen molar-refractivity contribution in [3.05, 3.63) is 33.9 Å². The van der Waals surface area contributed by atoms with E-state index in [0.717, 1.165) is 17.8 Å². The number of methoxy groups -OCH3 is 1. The highest BCUT2D eigenvalue weighted by atomic mass is 16.6. The average molecular weight is 344 g/mol. The van der Waals surface area contributed by atoms with E-state index in [1.165, 1.54) is 57.8 Å². The highest BCUT2D eigenvalue weighted by Crippen LogP contribution is 2.59. The molecule has 1 N–H and O–H groups in total. The molecule has 5 rings (SSSR count). The quantitative estimate of drug-likeness (QED) is 0.654. The Balaban J connectivity index is 1.46. The standard InChI is InChI=1S/C19H24N2O4/c1-25-17-3-2-15(7-16(17)21(23)24)18(22)20-11-19-8-12-4-13(9-19)6-14(5-12)10-19/h2-3,7,12-14H,4-6,8-11H2,1H3,(H,20,22). The lowest BCUT2D eigenvalue weighted by Gasteiger charge is -2.56. The van der Waals surface area contributed by atoms with Crippen molar-refractivity contribution >= 4 is 11.6 Å². The van der Waals surface area contributed by atoms with Crippen LogP contribution in [0.2, 0.25) is 0 Å². The molecule has 134 valence electrons. The van der Waals surface area contributed by atoms with E-state index < -0.39 is 4.92 Å². The van der Waals surface area contributed by atoms with Crippen molar-refractivity contribution in [3.8, 4) is 5.75 Å². The van der Waals surface area contributed by atoms with Gasteiger partial charge in [0.15, 0.2) is 5.75 Å². The lowest BCUT2D eigenvalue weighted by Crippen LogP contribution is -2.51. The zero-order chi connectivity index (χ0) is 17.6. The molecule has 4 saturated carbocycles. The first-order valence-electron chi connectivity index (χ1n) is 9.09. The Morgan fingerprint density at radius 1 is 1.24 bits per heavy atom. The first kappa shape index (κ1) is 16.4. The van der Waals surface area contributed by atoms with Crippen LogP contribution in [0.4, 0.5) is 5.69 Å². The van der Waals surface area contributed by atoms with Crippen molar-refractivity contribution in [1.29, 1.82) is 0 Å². The Kier molecular flexibility index (Phi) is 3.93. The number of hydrogen-bond acceptors (Lipinski definition) is 4. The average Bonchev–Trinajstić information content (AvgIpc) is 2.58. The molecule has 6 nitrogen and oxygen atoms in total. The van der Waals surface area contributed by atoms with Crippen LogP contribution in [-0.4, -0.2) is 24.5 Å². The van der Waals surface area contributed by atoms with E-state index in [9.17, 15) is 14.9 Å². The predicted octanol–water partition coefficient (Wildman–Crippen LogP) is 3.55. The molecule has 4 bridgehead atoms. The maximum absolute atomic E-state index is 12.5. The van der Waals surface area contributed by atoms with E-state index >= 15 is 0 Å². The fourth-order valence-electron chi connectivity index (χ4n) is 5.85. The van der Waals surface area contributed by atoms with Crippen molar-refractivity contribution in [2.75, 3.05) is 13.7 Å². The molecule has 0 heterocycles. The lowest BCUT2D eigenvalue weighted by molar-refractivity contribution is -0.385. The Hall–Kier alpha value is -2.11. The van der Waals surface area contributed by atoms with Crippen molar-refractivity contribution < 1.29 is 14.5 Å². The minimum atomic E-state index is -0.519. The Bertz CT molecular complexity index is 680. The molecule has 0 saturated heterocycles. The van der Waals surface area contributed by atoms with Crippen molar-refractivity contribution in [2.45, 2.75) is 38.5 Å². The van der Waals surface area contributed by atoms with Crippen LogP contribution in [0.3, 0.4) is 0 Å². The number of ether oxygens (including phenoxy) is 1. The summed E-state index contributed by atoms with van der Waals surface area (Å²) in [7, 11) is 1.38. The molecule has 0 radical (unpaired) electrons. The summed E-state index contributed by atoms with van der Waals surface area (Å²) < 4.78 is 4.99. The maximum Gasteiger partial charge on any atom is 0.311 e. The van der Waals surface area contributed by atoms with Crippen LogP contribution < -0.4 is 10.1 Å². The third kappa shape index (κ3) is 2.98. The van der Waals surface area contributed by atoms with E-state index in [1.807, 2.05) is 0 Å². The second kappa shape index (κ2) is 6.00. The Labute approximate surface area is 147 Å². The third-order valence-corrected chi connectivity index (χ3v) is 6.43. The number of nitrogens with zero attached hydrogens (tertiary/aromatic N) is 1. The molecule has 4 aliphatic rings. The zero-order valence-electron chi connectivity index (χ0n) is 14.5. The van der Waals surface area contributed by atoms with Gasteiger partial charge in [-0.2, -0.15) is 0 Å². The lowest BCUT2D eigenvalue weighted by atomic mass is 9.49. The van der Waals surface area contributed by atoms with Crippen LogP contribution in [0, 0.1) is 33.3 Å².